The first-order valence-corrected chi connectivity index (χ1v) is 10.6. The number of H-pyrrole nitrogens is 1. The van der Waals surface area contributed by atoms with E-state index in [4.69, 9.17) is 0 Å². The fourth-order valence-corrected chi connectivity index (χ4v) is 4.46. The summed E-state index contributed by atoms with van der Waals surface area (Å²) in [5.74, 6) is -2.44. The van der Waals surface area contributed by atoms with Gasteiger partial charge in [0, 0.05) is 19.0 Å². The summed E-state index contributed by atoms with van der Waals surface area (Å²) in [6.07, 6.45) is -0.00873. The van der Waals surface area contributed by atoms with Crippen LogP contribution in [0.4, 0.5) is 13.2 Å². The van der Waals surface area contributed by atoms with Crippen molar-refractivity contribution in [3.63, 3.8) is 0 Å². The lowest BCUT2D eigenvalue weighted by Gasteiger charge is -2.30. The van der Waals surface area contributed by atoms with E-state index < -0.39 is 34.6 Å². The second kappa shape index (κ2) is 7.84. The number of aliphatic hydroxyl groups is 1. The number of hydrogen-bond acceptors (Lipinski definition) is 4. The molecular weight excluding hydrogens is 435 g/mol. The van der Waals surface area contributed by atoms with Crippen molar-refractivity contribution < 1.29 is 23.1 Å². The maximum atomic E-state index is 13.8. The molecule has 9 heteroatoms. The van der Waals surface area contributed by atoms with Gasteiger partial charge < -0.3 is 15.0 Å². The minimum absolute atomic E-state index is 0.0847. The largest absolute Gasteiger partial charge is 0.378 e. The lowest BCUT2D eigenvalue weighted by molar-refractivity contribution is -0.141. The van der Waals surface area contributed by atoms with Crippen molar-refractivity contribution in [3.05, 3.63) is 98.5 Å². The summed E-state index contributed by atoms with van der Waals surface area (Å²) in [5, 5.41) is 10.4. The molecule has 1 saturated carbocycles. The number of nitrogens with zero attached hydrogens (tertiary/aromatic N) is 2. The number of amides is 1. The third-order valence-corrected chi connectivity index (χ3v) is 6.40. The van der Waals surface area contributed by atoms with E-state index in [0.717, 1.165) is 30.5 Å². The van der Waals surface area contributed by atoms with Gasteiger partial charge in [-0.05, 0) is 48.2 Å². The second-order valence-corrected chi connectivity index (χ2v) is 8.55. The van der Waals surface area contributed by atoms with Crippen LogP contribution >= 0.6 is 0 Å². The van der Waals surface area contributed by atoms with E-state index in [1.807, 2.05) is 6.07 Å². The average Bonchev–Trinajstić information content (AvgIpc) is 3.59. The molecule has 5 rings (SSSR count). The third kappa shape index (κ3) is 3.82. The third-order valence-electron chi connectivity index (χ3n) is 6.40. The Morgan fingerprint density at radius 1 is 1.09 bits per heavy atom. The van der Waals surface area contributed by atoms with Gasteiger partial charge in [0.1, 0.15) is 23.3 Å². The average molecular weight is 455 g/mol. The Kier molecular flexibility index (Phi) is 5.08. The van der Waals surface area contributed by atoms with Crippen LogP contribution in [0.1, 0.15) is 47.2 Å². The molecule has 1 aliphatic heterocycles. The highest BCUT2D eigenvalue weighted by Gasteiger charge is 2.49. The Bertz CT molecular complexity index is 1300. The molecule has 0 spiro atoms. The zero-order chi connectivity index (χ0) is 23.3. The van der Waals surface area contributed by atoms with Crippen LogP contribution in [-0.2, 0) is 23.2 Å². The van der Waals surface area contributed by atoms with Gasteiger partial charge in [-0.1, -0.05) is 12.1 Å². The van der Waals surface area contributed by atoms with E-state index in [1.54, 1.807) is 6.07 Å². The Balaban J connectivity index is 1.40. The van der Waals surface area contributed by atoms with Crippen LogP contribution in [0.15, 0.2) is 47.3 Å². The first-order valence-electron chi connectivity index (χ1n) is 10.6. The minimum Gasteiger partial charge on any atom is -0.378 e. The number of benzene rings is 2. The zero-order valence-corrected chi connectivity index (χ0v) is 17.4. The van der Waals surface area contributed by atoms with E-state index in [-0.39, 0.29) is 30.9 Å². The molecule has 1 aromatic heterocycles. The number of carbonyl (C=O) groups is 1. The molecule has 2 heterocycles. The lowest BCUT2D eigenvalue weighted by atomic mass is 9.94. The van der Waals surface area contributed by atoms with Crippen molar-refractivity contribution in [2.24, 2.45) is 0 Å². The first kappa shape index (κ1) is 21.4. The number of nitrogens with one attached hydrogen (secondary N) is 1. The van der Waals surface area contributed by atoms with Crippen LogP contribution in [-0.4, -0.2) is 32.4 Å². The number of hydrogen-bond donors (Lipinski definition) is 2. The molecule has 170 valence electrons. The van der Waals surface area contributed by atoms with Crippen LogP contribution in [0.3, 0.4) is 0 Å². The molecule has 1 amide bonds. The summed E-state index contributed by atoms with van der Waals surface area (Å²) in [4.78, 5) is 34.4. The van der Waals surface area contributed by atoms with Crippen LogP contribution in [0.2, 0.25) is 0 Å². The van der Waals surface area contributed by atoms with E-state index >= 15 is 0 Å². The summed E-state index contributed by atoms with van der Waals surface area (Å²) < 4.78 is 40.7. The Labute approximate surface area is 186 Å². The maximum absolute atomic E-state index is 13.8. The molecule has 2 aliphatic rings. The van der Waals surface area contributed by atoms with Gasteiger partial charge in [0.15, 0.2) is 6.10 Å². The number of carbonyl (C=O) groups excluding carboxylic acids is 1. The van der Waals surface area contributed by atoms with E-state index in [0.29, 0.717) is 23.1 Å². The zero-order valence-electron chi connectivity index (χ0n) is 17.4. The normalized spacial score (nSPS) is 17.4. The highest BCUT2D eigenvalue weighted by molar-refractivity contribution is 5.82. The van der Waals surface area contributed by atoms with Crippen LogP contribution in [0, 0.1) is 17.5 Å². The molecule has 0 bridgehead atoms. The molecule has 1 unspecified atom stereocenters. The molecular formula is C24H20F3N3O3. The lowest BCUT2D eigenvalue weighted by Crippen LogP contribution is -2.42. The van der Waals surface area contributed by atoms with E-state index in [2.05, 4.69) is 9.97 Å². The van der Waals surface area contributed by atoms with Crippen molar-refractivity contribution in [2.45, 2.75) is 37.3 Å². The van der Waals surface area contributed by atoms with E-state index in [1.165, 1.54) is 17.0 Å². The highest BCUT2D eigenvalue weighted by Crippen LogP contribution is 2.52. The number of aromatic nitrogens is 2. The van der Waals surface area contributed by atoms with Crippen LogP contribution in [0.5, 0.6) is 0 Å². The quantitative estimate of drug-likeness (QED) is 0.634. The van der Waals surface area contributed by atoms with Gasteiger partial charge in [0.25, 0.3) is 11.5 Å². The topological polar surface area (TPSA) is 86.3 Å². The summed E-state index contributed by atoms with van der Waals surface area (Å²) in [7, 11) is 0. The molecule has 3 aromatic rings. The first-order chi connectivity index (χ1) is 15.8. The van der Waals surface area contributed by atoms with Gasteiger partial charge in [0.2, 0.25) is 0 Å². The standard InChI is InChI=1S/C24H20F3N3O3/c25-15-3-1-2-14(10-15)24(5-6-24)23-28-19-4-7-30(12-18(19)21(32)29-23)22(33)20(31)13-8-16(26)11-17(27)9-13/h1-3,8-11,20,31H,4-7,12H2,(H,28,29,32). The predicted octanol–water partition coefficient (Wildman–Crippen LogP) is 2.89. The smallest absolute Gasteiger partial charge is 0.256 e. The van der Waals surface area contributed by atoms with Crippen LogP contribution < -0.4 is 5.56 Å². The number of rotatable bonds is 4. The summed E-state index contributed by atoms with van der Waals surface area (Å²) in [6.45, 7) is 0.0994. The summed E-state index contributed by atoms with van der Waals surface area (Å²) in [5.41, 5.74) is 0.473. The number of fused-ring (bicyclic) bond motifs is 1. The van der Waals surface area contributed by atoms with Crippen LogP contribution in [0.25, 0.3) is 0 Å². The molecule has 6 nitrogen and oxygen atoms in total. The molecule has 1 fully saturated rings. The summed E-state index contributed by atoms with van der Waals surface area (Å²) in [6, 6.07) is 8.69. The van der Waals surface area contributed by atoms with Gasteiger partial charge >= 0.3 is 0 Å². The Hall–Kier alpha value is -3.46. The van der Waals surface area contributed by atoms with Gasteiger partial charge in [-0.3, -0.25) is 9.59 Å². The van der Waals surface area contributed by atoms with E-state index in [9.17, 15) is 27.9 Å². The fourth-order valence-electron chi connectivity index (χ4n) is 4.46. The monoisotopic (exact) mass is 455 g/mol. The summed E-state index contributed by atoms with van der Waals surface area (Å²) >= 11 is 0. The SMILES string of the molecule is O=C(C(O)c1cc(F)cc(F)c1)N1CCc2nc(C3(c4cccc(F)c4)CC3)[nH]c(=O)c2C1. The minimum atomic E-state index is -1.76. The molecule has 2 aromatic carbocycles. The Morgan fingerprint density at radius 3 is 2.48 bits per heavy atom. The number of halogens is 3. The number of aliphatic hydroxyl groups excluding tert-OH is 1. The van der Waals surface area contributed by atoms with Crippen molar-refractivity contribution in [1.29, 1.82) is 0 Å². The highest BCUT2D eigenvalue weighted by atomic mass is 19.1. The van der Waals surface area contributed by atoms with Gasteiger partial charge in [0.05, 0.1) is 23.2 Å². The van der Waals surface area contributed by atoms with Gasteiger partial charge in [-0.15, -0.1) is 0 Å². The predicted molar refractivity (Wildman–Crippen MR) is 112 cm³/mol. The van der Waals surface area contributed by atoms with Gasteiger partial charge in [-0.25, -0.2) is 18.2 Å². The van der Waals surface area contributed by atoms with Crippen molar-refractivity contribution in [1.82, 2.24) is 14.9 Å². The molecule has 33 heavy (non-hydrogen) atoms. The number of aromatic amines is 1. The maximum Gasteiger partial charge on any atom is 0.256 e. The van der Waals surface area contributed by atoms with Crippen molar-refractivity contribution in [2.75, 3.05) is 6.54 Å². The molecule has 0 saturated heterocycles. The van der Waals surface area contributed by atoms with Crippen molar-refractivity contribution >= 4 is 5.91 Å². The van der Waals surface area contributed by atoms with Gasteiger partial charge in [-0.2, -0.15) is 0 Å². The van der Waals surface area contributed by atoms with Crippen molar-refractivity contribution in [3.8, 4) is 0 Å². The molecule has 1 atom stereocenters. The fraction of sp³-hybridized carbons (Fsp3) is 0.292. The Morgan fingerprint density at radius 2 is 1.82 bits per heavy atom. The molecule has 2 N–H and O–H groups in total. The second-order valence-electron chi connectivity index (χ2n) is 8.55. The molecule has 1 aliphatic carbocycles. The molecule has 0 radical (unpaired) electrons.